The van der Waals surface area contributed by atoms with Crippen LogP contribution in [-0.4, -0.2) is 15.0 Å². The Morgan fingerprint density at radius 2 is 2.50 bits per heavy atom. The monoisotopic (exact) mass is 199 g/mol. The van der Waals surface area contributed by atoms with E-state index in [1.807, 2.05) is 0 Å². The predicted octanol–water partition coefficient (Wildman–Crippen LogP) is 0.809. The minimum absolute atomic E-state index is 0.134. The maximum Gasteiger partial charge on any atom is 0.270 e. The van der Waals surface area contributed by atoms with Crippen molar-refractivity contribution >= 4 is 34.3 Å². The highest BCUT2D eigenvalue weighted by atomic mass is 32.1. The fourth-order valence-electron chi connectivity index (χ4n) is 0.876. The molecule has 0 amide bonds. The first-order chi connectivity index (χ1) is 5.81. The summed E-state index contributed by atoms with van der Waals surface area (Å²) in [6.45, 7) is 0. The highest BCUT2D eigenvalue weighted by Crippen LogP contribution is 2.16. The van der Waals surface area contributed by atoms with Gasteiger partial charge in [0.15, 0.2) is 5.65 Å². The molecule has 1 N–H and O–H groups in total. The van der Waals surface area contributed by atoms with Crippen LogP contribution in [0.1, 0.15) is 5.01 Å². The SMILES string of the molecule is O=c1[nH]cnc2nc(CS)sc12. The lowest BCUT2D eigenvalue weighted by Crippen LogP contribution is -2.03. The van der Waals surface area contributed by atoms with Crippen LogP contribution in [0.3, 0.4) is 0 Å². The highest BCUT2D eigenvalue weighted by molar-refractivity contribution is 7.79. The summed E-state index contributed by atoms with van der Waals surface area (Å²) in [5.41, 5.74) is 0.373. The number of hydrogen-bond acceptors (Lipinski definition) is 5. The summed E-state index contributed by atoms with van der Waals surface area (Å²) in [7, 11) is 0. The Morgan fingerprint density at radius 1 is 1.67 bits per heavy atom. The smallest absolute Gasteiger partial charge is 0.270 e. The van der Waals surface area contributed by atoms with Crippen LogP contribution in [0.2, 0.25) is 0 Å². The van der Waals surface area contributed by atoms with Crippen molar-refractivity contribution in [2.75, 3.05) is 0 Å². The number of hydrogen-bond donors (Lipinski definition) is 2. The molecule has 0 saturated carbocycles. The number of rotatable bonds is 1. The normalized spacial score (nSPS) is 10.8. The molecule has 0 atom stereocenters. The van der Waals surface area contributed by atoms with Crippen molar-refractivity contribution in [1.82, 2.24) is 15.0 Å². The maximum absolute atomic E-state index is 11.2. The van der Waals surface area contributed by atoms with Gasteiger partial charge in [-0.2, -0.15) is 12.6 Å². The van der Waals surface area contributed by atoms with Gasteiger partial charge in [-0.05, 0) is 0 Å². The first-order valence-corrected chi connectivity index (χ1v) is 4.70. The topological polar surface area (TPSA) is 58.6 Å². The van der Waals surface area contributed by atoms with E-state index in [0.717, 1.165) is 5.01 Å². The van der Waals surface area contributed by atoms with E-state index in [0.29, 0.717) is 16.1 Å². The molecule has 12 heavy (non-hydrogen) atoms. The van der Waals surface area contributed by atoms with Crippen molar-refractivity contribution in [2.45, 2.75) is 5.75 Å². The number of nitrogens with one attached hydrogen (secondary N) is 1. The second-order valence-electron chi connectivity index (χ2n) is 2.15. The molecule has 6 heteroatoms. The second-order valence-corrected chi connectivity index (χ2v) is 3.55. The largest absolute Gasteiger partial charge is 0.312 e. The zero-order valence-electron chi connectivity index (χ0n) is 5.94. The molecule has 0 aliphatic heterocycles. The van der Waals surface area contributed by atoms with Gasteiger partial charge >= 0.3 is 0 Å². The molecular weight excluding hydrogens is 194 g/mol. The standard InChI is InChI=1S/C6H5N3OS2/c10-6-4-5(7-2-8-6)9-3(1-11)12-4/h2,11H,1H2,(H,7,8,10). The lowest BCUT2D eigenvalue weighted by atomic mass is 10.6. The Morgan fingerprint density at radius 3 is 3.17 bits per heavy atom. The van der Waals surface area contributed by atoms with Crippen molar-refractivity contribution in [3.63, 3.8) is 0 Å². The number of H-pyrrole nitrogens is 1. The molecule has 62 valence electrons. The Hall–Kier alpha value is -0.880. The molecule has 0 unspecified atom stereocenters. The van der Waals surface area contributed by atoms with E-state index in [9.17, 15) is 4.79 Å². The molecule has 2 aromatic rings. The molecule has 0 saturated heterocycles. The van der Waals surface area contributed by atoms with Gasteiger partial charge in [-0.15, -0.1) is 11.3 Å². The summed E-state index contributed by atoms with van der Waals surface area (Å²) < 4.78 is 0.571. The average Bonchev–Trinajstić information content (AvgIpc) is 2.49. The first-order valence-electron chi connectivity index (χ1n) is 3.25. The number of thiol groups is 1. The third-order valence-corrected chi connectivity index (χ3v) is 2.93. The van der Waals surface area contributed by atoms with Crippen LogP contribution in [0, 0.1) is 0 Å². The molecular formula is C6H5N3OS2. The van der Waals surface area contributed by atoms with Gasteiger partial charge in [-0.3, -0.25) is 4.79 Å². The molecule has 2 rings (SSSR count). The highest BCUT2D eigenvalue weighted by Gasteiger charge is 2.05. The van der Waals surface area contributed by atoms with E-state index in [4.69, 9.17) is 0 Å². The van der Waals surface area contributed by atoms with Crippen LogP contribution in [0.5, 0.6) is 0 Å². The van der Waals surface area contributed by atoms with Crippen LogP contribution in [0.25, 0.3) is 10.3 Å². The van der Waals surface area contributed by atoms with Crippen molar-refractivity contribution in [3.05, 3.63) is 21.7 Å². The number of fused-ring (bicyclic) bond motifs is 1. The number of nitrogens with zero attached hydrogens (tertiary/aromatic N) is 2. The predicted molar refractivity (Wildman–Crippen MR) is 50.7 cm³/mol. The van der Waals surface area contributed by atoms with E-state index in [1.165, 1.54) is 17.7 Å². The Labute approximate surface area is 77.1 Å². The Balaban J connectivity index is 2.83. The minimum atomic E-state index is -0.134. The lowest BCUT2D eigenvalue weighted by Gasteiger charge is -1.81. The summed E-state index contributed by atoms with van der Waals surface area (Å²) in [4.78, 5) is 21.7. The lowest BCUT2D eigenvalue weighted by molar-refractivity contribution is 1.15. The van der Waals surface area contributed by atoms with Gasteiger partial charge in [-0.1, -0.05) is 0 Å². The summed E-state index contributed by atoms with van der Waals surface area (Å²) >= 11 is 5.39. The fourth-order valence-corrected chi connectivity index (χ4v) is 1.91. The molecule has 0 aromatic carbocycles. The van der Waals surface area contributed by atoms with Gasteiger partial charge in [0.2, 0.25) is 0 Å². The quantitative estimate of drug-likeness (QED) is 0.668. The van der Waals surface area contributed by atoms with E-state index < -0.39 is 0 Å². The molecule has 0 spiro atoms. The van der Waals surface area contributed by atoms with Gasteiger partial charge in [0.05, 0.1) is 6.33 Å². The molecule has 0 fully saturated rings. The molecule has 2 heterocycles. The Kier molecular flexibility index (Phi) is 1.86. The van der Waals surface area contributed by atoms with E-state index >= 15 is 0 Å². The van der Waals surface area contributed by atoms with Crippen molar-refractivity contribution < 1.29 is 0 Å². The van der Waals surface area contributed by atoms with E-state index in [2.05, 4.69) is 27.6 Å². The van der Waals surface area contributed by atoms with Crippen LogP contribution in [-0.2, 0) is 5.75 Å². The van der Waals surface area contributed by atoms with E-state index in [1.54, 1.807) is 0 Å². The summed E-state index contributed by atoms with van der Waals surface area (Å²) in [5, 5.41) is 0.817. The summed E-state index contributed by atoms with van der Waals surface area (Å²) in [6, 6.07) is 0. The van der Waals surface area contributed by atoms with Crippen molar-refractivity contribution in [2.24, 2.45) is 0 Å². The van der Waals surface area contributed by atoms with Crippen LogP contribution in [0.4, 0.5) is 0 Å². The van der Waals surface area contributed by atoms with Crippen LogP contribution in [0.15, 0.2) is 11.1 Å². The van der Waals surface area contributed by atoms with Crippen LogP contribution >= 0.6 is 24.0 Å². The first kappa shape index (κ1) is 7.75. The van der Waals surface area contributed by atoms with E-state index in [-0.39, 0.29) is 5.56 Å². The van der Waals surface area contributed by atoms with Gasteiger partial charge in [0.1, 0.15) is 9.71 Å². The maximum atomic E-state index is 11.2. The second kappa shape index (κ2) is 2.87. The average molecular weight is 199 g/mol. The number of aromatic amines is 1. The molecule has 0 radical (unpaired) electrons. The molecule has 2 aromatic heterocycles. The Bertz CT molecular complexity index is 461. The molecule has 0 bridgehead atoms. The van der Waals surface area contributed by atoms with Crippen LogP contribution < -0.4 is 5.56 Å². The molecule has 0 aliphatic rings. The third-order valence-electron chi connectivity index (χ3n) is 1.38. The number of aromatic nitrogens is 3. The van der Waals surface area contributed by atoms with Gasteiger partial charge < -0.3 is 4.98 Å². The fraction of sp³-hybridized carbons (Fsp3) is 0.167. The zero-order valence-corrected chi connectivity index (χ0v) is 7.65. The minimum Gasteiger partial charge on any atom is -0.312 e. The zero-order chi connectivity index (χ0) is 8.55. The van der Waals surface area contributed by atoms with Gasteiger partial charge in [-0.25, -0.2) is 9.97 Å². The van der Waals surface area contributed by atoms with Crippen molar-refractivity contribution in [3.8, 4) is 0 Å². The molecule has 4 nitrogen and oxygen atoms in total. The van der Waals surface area contributed by atoms with Gasteiger partial charge in [0.25, 0.3) is 5.56 Å². The van der Waals surface area contributed by atoms with Gasteiger partial charge in [0, 0.05) is 5.75 Å². The van der Waals surface area contributed by atoms with Crippen molar-refractivity contribution in [1.29, 1.82) is 0 Å². The third kappa shape index (κ3) is 1.12. The number of thiazole rings is 1. The molecule has 0 aliphatic carbocycles. The summed E-state index contributed by atoms with van der Waals surface area (Å²) in [6.07, 6.45) is 1.35. The summed E-state index contributed by atoms with van der Waals surface area (Å²) in [5.74, 6) is 0.542.